The van der Waals surface area contributed by atoms with E-state index in [9.17, 15) is 4.79 Å². The van der Waals surface area contributed by atoms with Gasteiger partial charge < -0.3 is 20.4 Å². The number of halogens is 1. The zero-order chi connectivity index (χ0) is 16.9. The Morgan fingerprint density at radius 2 is 1.88 bits per heavy atom. The SMILES string of the molecule is CN1CCC(NC(=O)NC[C@H]2CCN(c3ccc(Br)cc3)C2)CC1. The average Bonchev–Trinajstić information content (AvgIpc) is 3.05. The maximum Gasteiger partial charge on any atom is 0.315 e. The second kappa shape index (κ2) is 8.21. The molecule has 6 heteroatoms. The number of rotatable bonds is 4. The summed E-state index contributed by atoms with van der Waals surface area (Å²) in [7, 11) is 2.13. The van der Waals surface area contributed by atoms with Crippen molar-refractivity contribution in [3.05, 3.63) is 28.7 Å². The summed E-state index contributed by atoms with van der Waals surface area (Å²) in [6.07, 6.45) is 3.22. The normalized spacial score (nSPS) is 22.6. The number of carbonyl (C=O) groups is 1. The predicted molar refractivity (Wildman–Crippen MR) is 102 cm³/mol. The fraction of sp³-hybridized carbons (Fsp3) is 0.611. The minimum atomic E-state index is -0.00774. The molecule has 1 aromatic carbocycles. The van der Waals surface area contributed by atoms with Crippen molar-refractivity contribution in [1.29, 1.82) is 0 Å². The lowest BCUT2D eigenvalue weighted by Gasteiger charge is -2.29. The van der Waals surface area contributed by atoms with Crippen molar-refractivity contribution >= 4 is 27.6 Å². The van der Waals surface area contributed by atoms with Gasteiger partial charge in [0.05, 0.1) is 0 Å². The molecule has 2 aliphatic heterocycles. The first-order valence-corrected chi connectivity index (χ1v) is 9.63. The summed E-state index contributed by atoms with van der Waals surface area (Å²) in [5, 5.41) is 6.18. The Morgan fingerprint density at radius 1 is 1.17 bits per heavy atom. The van der Waals surface area contributed by atoms with Crippen molar-refractivity contribution in [2.45, 2.75) is 25.3 Å². The second-order valence-corrected chi connectivity index (χ2v) is 7.92. The second-order valence-electron chi connectivity index (χ2n) is 7.01. The van der Waals surface area contributed by atoms with Gasteiger partial charge in [-0.2, -0.15) is 0 Å². The number of hydrogen-bond acceptors (Lipinski definition) is 3. The number of anilines is 1. The van der Waals surface area contributed by atoms with Gasteiger partial charge in [0, 0.05) is 35.8 Å². The van der Waals surface area contributed by atoms with Crippen molar-refractivity contribution in [1.82, 2.24) is 15.5 Å². The summed E-state index contributed by atoms with van der Waals surface area (Å²) >= 11 is 3.47. The largest absolute Gasteiger partial charge is 0.371 e. The standard InChI is InChI=1S/C18H27BrN4O/c1-22-9-7-16(8-10-22)21-18(24)20-12-14-6-11-23(13-14)17-4-2-15(19)3-5-17/h2-5,14,16H,6-13H2,1H3,(H2,20,21,24)/t14-/m1/s1. The molecule has 0 spiro atoms. The van der Waals surface area contributed by atoms with Crippen molar-refractivity contribution in [3.8, 4) is 0 Å². The molecule has 2 fully saturated rings. The van der Waals surface area contributed by atoms with Crippen LogP contribution in [0.4, 0.5) is 10.5 Å². The monoisotopic (exact) mass is 394 g/mol. The molecule has 1 aromatic rings. The molecule has 0 aliphatic carbocycles. The van der Waals surface area contributed by atoms with Gasteiger partial charge in [0.25, 0.3) is 0 Å². The molecule has 0 aromatic heterocycles. The Bertz CT molecular complexity index is 542. The zero-order valence-corrected chi connectivity index (χ0v) is 15.9. The lowest BCUT2D eigenvalue weighted by molar-refractivity contribution is 0.213. The number of carbonyl (C=O) groups excluding carboxylic acids is 1. The van der Waals surface area contributed by atoms with E-state index < -0.39 is 0 Å². The van der Waals surface area contributed by atoms with E-state index in [2.05, 4.69) is 67.7 Å². The topological polar surface area (TPSA) is 47.6 Å². The molecule has 24 heavy (non-hydrogen) atoms. The number of piperidine rings is 1. The van der Waals surface area contributed by atoms with Crippen LogP contribution in [0.3, 0.4) is 0 Å². The van der Waals surface area contributed by atoms with Crippen molar-refractivity contribution < 1.29 is 4.79 Å². The molecular weight excluding hydrogens is 368 g/mol. The van der Waals surface area contributed by atoms with E-state index in [0.717, 1.165) is 56.5 Å². The molecule has 0 unspecified atom stereocenters. The van der Waals surface area contributed by atoms with E-state index in [4.69, 9.17) is 0 Å². The third-order valence-electron chi connectivity index (χ3n) is 5.08. The highest BCUT2D eigenvalue weighted by Gasteiger charge is 2.24. The molecule has 0 radical (unpaired) electrons. The third-order valence-corrected chi connectivity index (χ3v) is 5.61. The number of nitrogens with zero attached hydrogens (tertiary/aromatic N) is 2. The summed E-state index contributed by atoms with van der Waals surface area (Å²) in [5.41, 5.74) is 1.26. The first-order chi connectivity index (χ1) is 11.6. The molecule has 2 saturated heterocycles. The van der Waals surface area contributed by atoms with Crippen molar-refractivity contribution in [3.63, 3.8) is 0 Å². The van der Waals surface area contributed by atoms with Gasteiger partial charge in [0.2, 0.25) is 0 Å². The van der Waals surface area contributed by atoms with Gasteiger partial charge in [-0.3, -0.25) is 0 Å². The first kappa shape index (κ1) is 17.5. The quantitative estimate of drug-likeness (QED) is 0.824. The Balaban J connectivity index is 1.38. The summed E-state index contributed by atoms with van der Waals surface area (Å²) in [6.45, 7) is 4.96. The van der Waals surface area contributed by atoms with E-state index in [1.54, 1.807) is 0 Å². The van der Waals surface area contributed by atoms with E-state index in [-0.39, 0.29) is 6.03 Å². The maximum atomic E-state index is 12.1. The molecule has 0 bridgehead atoms. The predicted octanol–water partition coefficient (Wildman–Crippen LogP) is 2.67. The number of amides is 2. The minimum absolute atomic E-state index is 0.00774. The van der Waals surface area contributed by atoms with Crippen LogP contribution in [0.25, 0.3) is 0 Å². The van der Waals surface area contributed by atoms with Crippen LogP contribution in [-0.2, 0) is 0 Å². The number of nitrogens with one attached hydrogen (secondary N) is 2. The number of benzene rings is 1. The fourth-order valence-electron chi connectivity index (χ4n) is 3.51. The van der Waals surface area contributed by atoms with Crippen LogP contribution in [0.2, 0.25) is 0 Å². The molecule has 3 rings (SSSR count). The van der Waals surface area contributed by atoms with E-state index in [1.807, 2.05) is 0 Å². The first-order valence-electron chi connectivity index (χ1n) is 8.83. The van der Waals surface area contributed by atoms with Gasteiger partial charge >= 0.3 is 6.03 Å². The molecule has 5 nitrogen and oxygen atoms in total. The molecule has 2 heterocycles. The fourth-order valence-corrected chi connectivity index (χ4v) is 3.78. The molecule has 2 N–H and O–H groups in total. The van der Waals surface area contributed by atoms with Crippen LogP contribution < -0.4 is 15.5 Å². The van der Waals surface area contributed by atoms with Crippen LogP contribution in [0.5, 0.6) is 0 Å². The van der Waals surface area contributed by atoms with Crippen LogP contribution in [0, 0.1) is 5.92 Å². The Labute approximate surface area is 152 Å². The van der Waals surface area contributed by atoms with Crippen LogP contribution >= 0.6 is 15.9 Å². The summed E-state index contributed by atoms with van der Waals surface area (Å²) < 4.78 is 1.11. The lowest BCUT2D eigenvalue weighted by atomic mass is 10.1. The third kappa shape index (κ3) is 4.86. The van der Waals surface area contributed by atoms with E-state index in [0.29, 0.717) is 12.0 Å². The highest BCUT2D eigenvalue weighted by atomic mass is 79.9. The summed E-state index contributed by atoms with van der Waals surface area (Å²) in [5.74, 6) is 0.525. The molecule has 132 valence electrons. The smallest absolute Gasteiger partial charge is 0.315 e. The number of hydrogen-bond donors (Lipinski definition) is 2. The summed E-state index contributed by atoms with van der Waals surface area (Å²) in [6, 6.07) is 8.77. The number of likely N-dealkylation sites (tertiary alicyclic amines) is 1. The molecular formula is C18H27BrN4O. The van der Waals surface area contributed by atoms with Crippen molar-refractivity contribution in [2.75, 3.05) is 44.7 Å². The van der Waals surface area contributed by atoms with Gasteiger partial charge in [0.1, 0.15) is 0 Å². The van der Waals surface area contributed by atoms with Gasteiger partial charge in [-0.25, -0.2) is 4.79 Å². The summed E-state index contributed by atoms with van der Waals surface area (Å²) in [4.78, 5) is 16.8. The molecule has 2 amide bonds. The molecule has 1 atom stereocenters. The van der Waals surface area contributed by atoms with Crippen LogP contribution in [-0.4, -0.2) is 56.7 Å². The van der Waals surface area contributed by atoms with Crippen molar-refractivity contribution in [2.24, 2.45) is 5.92 Å². The lowest BCUT2D eigenvalue weighted by Crippen LogP contribution is -2.48. The van der Waals surface area contributed by atoms with Gasteiger partial charge in [-0.1, -0.05) is 15.9 Å². The van der Waals surface area contributed by atoms with Crippen LogP contribution in [0.15, 0.2) is 28.7 Å². The number of urea groups is 1. The Morgan fingerprint density at radius 3 is 2.58 bits per heavy atom. The Hall–Kier alpha value is -1.27. The average molecular weight is 395 g/mol. The molecule has 0 saturated carbocycles. The highest BCUT2D eigenvalue weighted by Crippen LogP contribution is 2.24. The van der Waals surface area contributed by atoms with Gasteiger partial charge in [0.15, 0.2) is 0 Å². The van der Waals surface area contributed by atoms with Crippen LogP contribution in [0.1, 0.15) is 19.3 Å². The van der Waals surface area contributed by atoms with Gasteiger partial charge in [-0.05, 0) is 69.6 Å². The molecule has 2 aliphatic rings. The van der Waals surface area contributed by atoms with E-state index in [1.165, 1.54) is 5.69 Å². The Kier molecular flexibility index (Phi) is 6.00. The van der Waals surface area contributed by atoms with Gasteiger partial charge in [-0.15, -0.1) is 0 Å². The zero-order valence-electron chi connectivity index (χ0n) is 14.3. The maximum absolute atomic E-state index is 12.1. The highest BCUT2D eigenvalue weighted by molar-refractivity contribution is 9.10. The van der Waals surface area contributed by atoms with E-state index >= 15 is 0 Å². The minimum Gasteiger partial charge on any atom is -0.371 e.